The minimum Gasteiger partial charge on any atom is -0.493 e. The van der Waals surface area contributed by atoms with Gasteiger partial charge in [-0.25, -0.2) is 13.1 Å². The molecule has 7 nitrogen and oxygen atoms in total. The number of carbonyl (C=O) groups is 1. The van der Waals surface area contributed by atoms with E-state index in [0.29, 0.717) is 37.4 Å². The topological polar surface area (TPSA) is 84.9 Å². The monoisotopic (exact) mass is 444 g/mol. The first-order chi connectivity index (χ1) is 14.9. The minimum atomic E-state index is -3.45. The number of nitrogens with one attached hydrogen (secondary N) is 1. The minimum absolute atomic E-state index is 0.0815. The number of ether oxygens (including phenoxy) is 2. The fourth-order valence-corrected chi connectivity index (χ4v) is 5.13. The van der Waals surface area contributed by atoms with Gasteiger partial charge in [-0.1, -0.05) is 12.1 Å². The summed E-state index contributed by atoms with van der Waals surface area (Å²) in [6, 6.07) is 10.8. The third-order valence-electron chi connectivity index (χ3n) is 5.83. The van der Waals surface area contributed by atoms with E-state index in [1.54, 1.807) is 38.5 Å². The first-order valence-corrected chi connectivity index (χ1v) is 12.0. The Kier molecular flexibility index (Phi) is 6.20. The van der Waals surface area contributed by atoms with Crippen molar-refractivity contribution in [1.29, 1.82) is 0 Å². The van der Waals surface area contributed by atoms with Crippen LogP contribution in [0.15, 0.2) is 41.3 Å². The van der Waals surface area contributed by atoms with Gasteiger partial charge in [0.25, 0.3) is 0 Å². The van der Waals surface area contributed by atoms with Crippen molar-refractivity contribution in [2.45, 2.75) is 49.6 Å². The summed E-state index contributed by atoms with van der Waals surface area (Å²) < 4.78 is 38.0. The van der Waals surface area contributed by atoms with E-state index in [4.69, 9.17) is 9.47 Å². The van der Waals surface area contributed by atoms with Gasteiger partial charge in [0.15, 0.2) is 11.5 Å². The zero-order valence-corrected chi connectivity index (χ0v) is 18.7. The van der Waals surface area contributed by atoms with E-state index >= 15 is 0 Å². The molecule has 166 valence electrons. The number of benzene rings is 2. The highest BCUT2D eigenvalue weighted by Gasteiger charge is 2.28. The number of methoxy groups -OCH3 is 2. The number of aryl methyl sites for hydroxylation is 1. The van der Waals surface area contributed by atoms with Crippen molar-refractivity contribution in [2.24, 2.45) is 0 Å². The van der Waals surface area contributed by atoms with Crippen LogP contribution in [0, 0.1) is 0 Å². The van der Waals surface area contributed by atoms with Crippen LogP contribution in [0.25, 0.3) is 0 Å². The Labute approximate surface area is 183 Å². The lowest BCUT2D eigenvalue weighted by molar-refractivity contribution is -0.132. The Morgan fingerprint density at radius 1 is 1.06 bits per heavy atom. The van der Waals surface area contributed by atoms with E-state index in [1.165, 1.54) is 5.56 Å². The van der Waals surface area contributed by atoms with Crippen LogP contribution in [0.3, 0.4) is 0 Å². The summed E-state index contributed by atoms with van der Waals surface area (Å²) in [4.78, 5) is 14.9. The van der Waals surface area contributed by atoms with Crippen molar-refractivity contribution >= 4 is 15.9 Å². The van der Waals surface area contributed by atoms with Gasteiger partial charge in [-0.05, 0) is 66.6 Å². The average molecular weight is 445 g/mol. The molecular weight excluding hydrogens is 416 g/mol. The van der Waals surface area contributed by atoms with Gasteiger partial charge >= 0.3 is 0 Å². The molecule has 0 unspecified atom stereocenters. The quantitative estimate of drug-likeness (QED) is 0.677. The molecule has 0 spiro atoms. The van der Waals surface area contributed by atoms with E-state index < -0.39 is 10.0 Å². The van der Waals surface area contributed by atoms with Gasteiger partial charge in [-0.3, -0.25) is 4.79 Å². The molecule has 8 heteroatoms. The van der Waals surface area contributed by atoms with E-state index in [9.17, 15) is 13.2 Å². The third kappa shape index (κ3) is 5.02. The molecule has 2 aromatic rings. The lowest BCUT2D eigenvalue weighted by Gasteiger charge is -2.29. The van der Waals surface area contributed by atoms with Crippen LogP contribution in [-0.4, -0.2) is 46.0 Å². The summed E-state index contributed by atoms with van der Waals surface area (Å²) in [7, 11) is -0.221. The molecular formula is C23H28N2O5S. The SMILES string of the molecule is COc1cc2c(cc1OC)CN(C(=O)CCc1ccc(S(=O)(=O)NC3CC3)cc1)CC2. The van der Waals surface area contributed by atoms with Crippen LogP contribution < -0.4 is 14.2 Å². The van der Waals surface area contributed by atoms with Gasteiger partial charge in [0.2, 0.25) is 15.9 Å². The highest BCUT2D eigenvalue weighted by molar-refractivity contribution is 7.89. The van der Waals surface area contributed by atoms with Crippen LogP contribution in [0.4, 0.5) is 0 Å². The number of amides is 1. The van der Waals surface area contributed by atoms with E-state index in [2.05, 4.69) is 4.72 Å². The number of carbonyl (C=O) groups excluding carboxylic acids is 1. The Balaban J connectivity index is 1.35. The van der Waals surface area contributed by atoms with Crippen LogP contribution >= 0.6 is 0 Å². The van der Waals surface area contributed by atoms with E-state index in [-0.39, 0.29) is 16.8 Å². The summed E-state index contributed by atoms with van der Waals surface area (Å²) in [5.74, 6) is 1.47. The fraction of sp³-hybridized carbons (Fsp3) is 0.435. The lowest BCUT2D eigenvalue weighted by atomic mass is 9.98. The van der Waals surface area contributed by atoms with Gasteiger partial charge < -0.3 is 14.4 Å². The van der Waals surface area contributed by atoms with Gasteiger partial charge in [0, 0.05) is 25.6 Å². The molecule has 31 heavy (non-hydrogen) atoms. The van der Waals surface area contributed by atoms with Crippen LogP contribution in [-0.2, 0) is 34.2 Å². The third-order valence-corrected chi connectivity index (χ3v) is 7.37. The van der Waals surface area contributed by atoms with Crippen molar-refractivity contribution in [1.82, 2.24) is 9.62 Å². The van der Waals surface area contributed by atoms with Crippen LogP contribution in [0.5, 0.6) is 11.5 Å². The molecule has 1 amide bonds. The number of nitrogens with zero attached hydrogens (tertiary/aromatic N) is 1. The highest BCUT2D eigenvalue weighted by atomic mass is 32.2. The first-order valence-electron chi connectivity index (χ1n) is 10.5. The Morgan fingerprint density at radius 2 is 1.71 bits per heavy atom. The molecule has 0 atom stereocenters. The molecule has 1 N–H and O–H groups in total. The molecule has 2 aliphatic rings. The number of fused-ring (bicyclic) bond motifs is 1. The molecule has 0 saturated heterocycles. The molecule has 1 heterocycles. The smallest absolute Gasteiger partial charge is 0.240 e. The molecule has 1 aliphatic carbocycles. The summed E-state index contributed by atoms with van der Waals surface area (Å²) >= 11 is 0. The summed E-state index contributed by atoms with van der Waals surface area (Å²) in [5.41, 5.74) is 3.20. The number of hydrogen-bond donors (Lipinski definition) is 1. The van der Waals surface area contributed by atoms with Crippen molar-refractivity contribution in [3.63, 3.8) is 0 Å². The zero-order chi connectivity index (χ0) is 22.0. The normalized spacial score (nSPS) is 16.0. The molecule has 2 aromatic carbocycles. The van der Waals surface area contributed by atoms with E-state index in [1.807, 2.05) is 17.0 Å². The molecule has 0 aromatic heterocycles. The number of rotatable bonds is 8. The first kappa shape index (κ1) is 21.6. The lowest BCUT2D eigenvalue weighted by Crippen LogP contribution is -2.36. The second-order valence-electron chi connectivity index (χ2n) is 8.08. The van der Waals surface area contributed by atoms with Crippen molar-refractivity contribution < 1.29 is 22.7 Å². The van der Waals surface area contributed by atoms with Crippen LogP contribution in [0.1, 0.15) is 36.0 Å². The Morgan fingerprint density at radius 3 is 2.32 bits per heavy atom. The largest absolute Gasteiger partial charge is 0.493 e. The Hall–Kier alpha value is -2.58. The van der Waals surface area contributed by atoms with Crippen molar-refractivity contribution in [2.75, 3.05) is 20.8 Å². The maximum absolute atomic E-state index is 12.8. The van der Waals surface area contributed by atoms with Crippen molar-refractivity contribution in [3.8, 4) is 11.5 Å². The predicted molar refractivity (Wildman–Crippen MR) is 117 cm³/mol. The number of sulfonamides is 1. The van der Waals surface area contributed by atoms with Gasteiger partial charge in [-0.15, -0.1) is 0 Å². The standard InChI is InChI=1S/C23H28N2O5S/c1-29-21-13-17-11-12-25(15-18(17)14-22(21)30-2)23(26)10-5-16-3-8-20(9-4-16)31(27,28)24-19-6-7-19/h3-4,8-9,13-14,19,24H,5-7,10-12,15H2,1-2H3. The molecule has 0 bridgehead atoms. The maximum atomic E-state index is 12.8. The summed E-state index contributed by atoms with van der Waals surface area (Å²) in [5, 5.41) is 0. The second kappa shape index (κ2) is 8.88. The van der Waals surface area contributed by atoms with Crippen molar-refractivity contribution in [3.05, 3.63) is 53.1 Å². The van der Waals surface area contributed by atoms with Gasteiger partial charge in [-0.2, -0.15) is 0 Å². The Bertz CT molecular complexity index is 1060. The van der Waals surface area contributed by atoms with E-state index in [0.717, 1.165) is 30.4 Å². The maximum Gasteiger partial charge on any atom is 0.240 e. The molecule has 1 saturated carbocycles. The molecule has 4 rings (SSSR count). The van der Waals surface area contributed by atoms with Gasteiger partial charge in [0.05, 0.1) is 19.1 Å². The summed E-state index contributed by atoms with van der Waals surface area (Å²) in [6.07, 6.45) is 3.54. The second-order valence-corrected chi connectivity index (χ2v) is 9.79. The zero-order valence-electron chi connectivity index (χ0n) is 17.9. The average Bonchev–Trinajstić information content (AvgIpc) is 3.59. The molecule has 1 fully saturated rings. The molecule has 0 radical (unpaired) electrons. The van der Waals surface area contributed by atoms with Gasteiger partial charge in [0.1, 0.15) is 0 Å². The highest BCUT2D eigenvalue weighted by Crippen LogP contribution is 2.33. The summed E-state index contributed by atoms with van der Waals surface area (Å²) in [6.45, 7) is 1.23. The fourth-order valence-electron chi connectivity index (χ4n) is 3.83. The predicted octanol–water partition coefficient (Wildman–Crippen LogP) is 2.66. The van der Waals surface area contributed by atoms with Crippen LogP contribution in [0.2, 0.25) is 0 Å². The number of hydrogen-bond acceptors (Lipinski definition) is 5. The molecule has 1 aliphatic heterocycles.